The molecular formula is C18H29NO2. The molecule has 0 saturated carbocycles. The van der Waals surface area contributed by atoms with Crippen LogP contribution in [0.5, 0.6) is 5.75 Å². The maximum absolute atomic E-state index is 5.82. The first-order valence-corrected chi connectivity index (χ1v) is 7.84. The predicted molar refractivity (Wildman–Crippen MR) is 88.7 cm³/mol. The van der Waals surface area contributed by atoms with Crippen molar-refractivity contribution in [3.05, 3.63) is 42.5 Å². The minimum absolute atomic E-state index is 0.593. The molecule has 0 fully saturated rings. The van der Waals surface area contributed by atoms with Gasteiger partial charge in [0, 0.05) is 18.7 Å². The van der Waals surface area contributed by atoms with Gasteiger partial charge in [0.05, 0.1) is 6.61 Å². The lowest BCUT2D eigenvalue weighted by molar-refractivity contribution is 0.0985. The number of hydrogen-bond donors (Lipinski definition) is 1. The number of para-hydroxylation sites is 1. The standard InChI is InChI=1S/C18H29NO2/c1-4-5-8-11-20-12-13-21-18-10-7-6-9-17(18)15-19-14-16(2)3/h4,6-7,9-10,16,19H,1,5,8,11-15H2,2-3H3. The van der Waals surface area contributed by atoms with E-state index < -0.39 is 0 Å². The molecule has 0 radical (unpaired) electrons. The molecule has 0 saturated heterocycles. The number of rotatable bonds is 12. The molecule has 0 aromatic heterocycles. The summed E-state index contributed by atoms with van der Waals surface area (Å²) >= 11 is 0. The Hall–Kier alpha value is -1.32. The number of hydrogen-bond acceptors (Lipinski definition) is 3. The monoisotopic (exact) mass is 291 g/mol. The highest BCUT2D eigenvalue weighted by Crippen LogP contribution is 2.17. The van der Waals surface area contributed by atoms with Crippen LogP contribution >= 0.6 is 0 Å². The van der Waals surface area contributed by atoms with Gasteiger partial charge in [0.1, 0.15) is 12.4 Å². The number of nitrogens with one attached hydrogen (secondary N) is 1. The van der Waals surface area contributed by atoms with E-state index in [0.717, 1.165) is 38.3 Å². The molecule has 0 aliphatic rings. The predicted octanol–water partition coefficient (Wildman–Crippen LogP) is 3.79. The summed E-state index contributed by atoms with van der Waals surface area (Å²) in [7, 11) is 0. The molecule has 3 nitrogen and oxygen atoms in total. The molecule has 0 aliphatic carbocycles. The molecule has 1 rings (SSSR count). The summed E-state index contributed by atoms with van der Waals surface area (Å²) in [4.78, 5) is 0. The number of allylic oxidation sites excluding steroid dienone is 1. The minimum Gasteiger partial charge on any atom is -0.491 e. The molecule has 0 spiro atoms. The molecule has 0 unspecified atom stereocenters. The van der Waals surface area contributed by atoms with Crippen molar-refractivity contribution in [1.82, 2.24) is 5.32 Å². The van der Waals surface area contributed by atoms with Crippen molar-refractivity contribution >= 4 is 0 Å². The van der Waals surface area contributed by atoms with Crippen molar-refractivity contribution in [2.75, 3.05) is 26.4 Å². The molecule has 0 aliphatic heterocycles. The number of ether oxygens (including phenoxy) is 2. The minimum atomic E-state index is 0.593. The average molecular weight is 291 g/mol. The number of benzene rings is 1. The fourth-order valence-corrected chi connectivity index (χ4v) is 1.93. The molecule has 21 heavy (non-hydrogen) atoms. The van der Waals surface area contributed by atoms with Crippen molar-refractivity contribution in [1.29, 1.82) is 0 Å². The van der Waals surface area contributed by atoms with E-state index in [2.05, 4.69) is 31.8 Å². The second-order valence-corrected chi connectivity index (χ2v) is 5.52. The Balaban J connectivity index is 2.25. The van der Waals surface area contributed by atoms with Gasteiger partial charge in [0.15, 0.2) is 0 Å². The van der Waals surface area contributed by atoms with Gasteiger partial charge in [0.25, 0.3) is 0 Å². The Morgan fingerprint density at radius 3 is 2.76 bits per heavy atom. The molecule has 118 valence electrons. The zero-order valence-corrected chi connectivity index (χ0v) is 13.4. The zero-order chi connectivity index (χ0) is 15.3. The van der Waals surface area contributed by atoms with Crippen LogP contribution in [0, 0.1) is 5.92 Å². The highest BCUT2D eigenvalue weighted by Gasteiger charge is 2.03. The van der Waals surface area contributed by atoms with Crippen LogP contribution < -0.4 is 10.1 Å². The first-order valence-electron chi connectivity index (χ1n) is 7.84. The van der Waals surface area contributed by atoms with Crippen molar-refractivity contribution in [2.45, 2.75) is 33.2 Å². The maximum Gasteiger partial charge on any atom is 0.123 e. The zero-order valence-electron chi connectivity index (χ0n) is 13.4. The lowest BCUT2D eigenvalue weighted by atomic mass is 10.2. The molecule has 0 bridgehead atoms. The molecule has 1 aromatic carbocycles. The van der Waals surface area contributed by atoms with Crippen LogP contribution in [0.4, 0.5) is 0 Å². The van der Waals surface area contributed by atoms with Crippen LogP contribution in [0.3, 0.4) is 0 Å². The Bertz CT molecular complexity index is 391. The summed E-state index contributed by atoms with van der Waals surface area (Å²) in [6, 6.07) is 8.18. The molecule has 0 heterocycles. The number of unbranched alkanes of at least 4 members (excludes halogenated alkanes) is 1. The second-order valence-electron chi connectivity index (χ2n) is 5.52. The van der Waals surface area contributed by atoms with Gasteiger partial charge in [-0.1, -0.05) is 38.1 Å². The SMILES string of the molecule is C=CCCCOCCOc1ccccc1CNCC(C)C. The van der Waals surface area contributed by atoms with Crippen LogP contribution in [0.15, 0.2) is 36.9 Å². The Labute approximate surface area is 129 Å². The fourth-order valence-electron chi connectivity index (χ4n) is 1.93. The third-order valence-corrected chi connectivity index (χ3v) is 3.02. The average Bonchev–Trinajstić information content (AvgIpc) is 2.47. The molecule has 1 N–H and O–H groups in total. The third-order valence-electron chi connectivity index (χ3n) is 3.02. The van der Waals surface area contributed by atoms with E-state index in [0.29, 0.717) is 19.1 Å². The van der Waals surface area contributed by atoms with E-state index in [1.54, 1.807) is 0 Å². The van der Waals surface area contributed by atoms with Gasteiger partial charge >= 0.3 is 0 Å². The van der Waals surface area contributed by atoms with Crippen molar-refractivity contribution in [3.8, 4) is 5.75 Å². The van der Waals surface area contributed by atoms with E-state index in [1.807, 2.05) is 24.3 Å². The van der Waals surface area contributed by atoms with Gasteiger partial charge in [-0.2, -0.15) is 0 Å². The van der Waals surface area contributed by atoms with E-state index in [1.165, 1.54) is 5.56 Å². The van der Waals surface area contributed by atoms with Gasteiger partial charge in [-0.15, -0.1) is 6.58 Å². The Morgan fingerprint density at radius 1 is 1.19 bits per heavy atom. The summed E-state index contributed by atoms with van der Waals surface area (Å²) in [5.41, 5.74) is 1.20. The van der Waals surface area contributed by atoms with Crippen molar-refractivity contribution in [3.63, 3.8) is 0 Å². The Kier molecular flexibility index (Phi) is 9.58. The van der Waals surface area contributed by atoms with E-state index in [9.17, 15) is 0 Å². The largest absolute Gasteiger partial charge is 0.491 e. The van der Waals surface area contributed by atoms with Gasteiger partial charge in [-0.05, 0) is 31.4 Å². The van der Waals surface area contributed by atoms with Gasteiger partial charge in [-0.3, -0.25) is 0 Å². The molecule has 1 aromatic rings. The molecule has 0 atom stereocenters. The van der Waals surface area contributed by atoms with E-state index in [4.69, 9.17) is 9.47 Å². The van der Waals surface area contributed by atoms with Crippen molar-refractivity contribution in [2.24, 2.45) is 5.92 Å². The highest BCUT2D eigenvalue weighted by atomic mass is 16.5. The normalized spacial score (nSPS) is 10.8. The van der Waals surface area contributed by atoms with Crippen molar-refractivity contribution < 1.29 is 9.47 Å². The molecular weight excluding hydrogens is 262 g/mol. The lowest BCUT2D eigenvalue weighted by Crippen LogP contribution is -2.19. The maximum atomic E-state index is 5.82. The summed E-state index contributed by atoms with van der Waals surface area (Å²) < 4.78 is 11.3. The summed E-state index contributed by atoms with van der Waals surface area (Å²) in [5, 5.41) is 3.45. The van der Waals surface area contributed by atoms with Gasteiger partial charge < -0.3 is 14.8 Å². The first-order chi connectivity index (χ1) is 10.2. The van der Waals surface area contributed by atoms with Crippen LogP contribution in [0.25, 0.3) is 0 Å². The van der Waals surface area contributed by atoms with Crippen LogP contribution in [-0.4, -0.2) is 26.4 Å². The van der Waals surface area contributed by atoms with E-state index >= 15 is 0 Å². The second kappa shape index (κ2) is 11.4. The van der Waals surface area contributed by atoms with Crippen LogP contribution in [0.1, 0.15) is 32.3 Å². The van der Waals surface area contributed by atoms with E-state index in [-0.39, 0.29) is 0 Å². The topological polar surface area (TPSA) is 30.5 Å². The van der Waals surface area contributed by atoms with Gasteiger partial charge in [-0.25, -0.2) is 0 Å². The summed E-state index contributed by atoms with van der Waals surface area (Å²) in [6.07, 6.45) is 3.95. The fraction of sp³-hybridized carbons (Fsp3) is 0.556. The summed E-state index contributed by atoms with van der Waals surface area (Å²) in [6.45, 7) is 12.0. The quantitative estimate of drug-likeness (QED) is 0.469. The van der Waals surface area contributed by atoms with Gasteiger partial charge in [0.2, 0.25) is 0 Å². The Morgan fingerprint density at radius 2 is 2.00 bits per heavy atom. The first kappa shape index (κ1) is 17.7. The lowest BCUT2D eigenvalue weighted by Gasteiger charge is -2.13. The smallest absolute Gasteiger partial charge is 0.123 e. The van der Waals surface area contributed by atoms with Crippen LogP contribution in [0.2, 0.25) is 0 Å². The van der Waals surface area contributed by atoms with Crippen LogP contribution in [-0.2, 0) is 11.3 Å². The molecule has 0 amide bonds. The summed E-state index contributed by atoms with van der Waals surface area (Å²) in [5.74, 6) is 1.60. The highest BCUT2D eigenvalue weighted by molar-refractivity contribution is 5.33. The molecule has 3 heteroatoms. The third kappa shape index (κ3) is 8.53.